The standard InChI is InChI=1S/C16H16N2O5.ClH/c17-7-11-6-13(19)12-5-9(1-2-14(12)23-11)15(20)18-4-3-10(8-18)16(21)22;/h1-2,5-6,10H,3-4,7-8,17H2,(H,21,22);1H/t10-;/m1./s1. The number of rotatable bonds is 3. The average molecular weight is 353 g/mol. The largest absolute Gasteiger partial charge is 0.481 e. The van der Waals surface area contributed by atoms with Crippen molar-refractivity contribution < 1.29 is 19.1 Å². The van der Waals surface area contributed by atoms with E-state index >= 15 is 0 Å². The molecule has 1 fully saturated rings. The molecule has 1 aliphatic rings. The molecule has 1 amide bonds. The second kappa shape index (κ2) is 7.02. The zero-order valence-corrected chi connectivity index (χ0v) is 13.5. The molecule has 8 heteroatoms. The Bertz CT molecular complexity index is 848. The number of hydrogen-bond acceptors (Lipinski definition) is 5. The second-order valence-corrected chi connectivity index (χ2v) is 5.57. The molecule has 1 atom stereocenters. The number of carboxylic acids is 1. The number of carbonyl (C=O) groups excluding carboxylic acids is 1. The summed E-state index contributed by atoms with van der Waals surface area (Å²) >= 11 is 0. The van der Waals surface area contributed by atoms with Crippen molar-refractivity contribution in [1.82, 2.24) is 4.90 Å². The Morgan fingerprint density at radius 3 is 2.71 bits per heavy atom. The Balaban J connectivity index is 0.00000208. The van der Waals surface area contributed by atoms with Crippen LogP contribution in [0, 0.1) is 5.92 Å². The number of nitrogens with zero attached hydrogens (tertiary/aromatic N) is 1. The van der Waals surface area contributed by atoms with Crippen LogP contribution in [0.5, 0.6) is 0 Å². The fraction of sp³-hybridized carbons (Fsp3) is 0.312. The number of halogens is 1. The van der Waals surface area contributed by atoms with Crippen LogP contribution in [0.3, 0.4) is 0 Å². The molecule has 1 saturated heterocycles. The monoisotopic (exact) mass is 352 g/mol. The van der Waals surface area contributed by atoms with Crippen LogP contribution in [0.25, 0.3) is 11.0 Å². The van der Waals surface area contributed by atoms with E-state index < -0.39 is 11.9 Å². The topological polar surface area (TPSA) is 114 Å². The van der Waals surface area contributed by atoms with Crippen molar-refractivity contribution in [1.29, 1.82) is 0 Å². The molecular weight excluding hydrogens is 336 g/mol. The maximum atomic E-state index is 12.5. The minimum Gasteiger partial charge on any atom is -0.481 e. The summed E-state index contributed by atoms with van der Waals surface area (Å²) in [5.41, 5.74) is 5.93. The summed E-state index contributed by atoms with van der Waals surface area (Å²) in [6.45, 7) is 0.706. The van der Waals surface area contributed by atoms with E-state index in [4.69, 9.17) is 15.3 Å². The summed E-state index contributed by atoms with van der Waals surface area (Å²) in [5, 5.41) is 9.32. The molecule has 3 rings (SSSR count). The molecule has 128 valence electrons. The zero-order valence-electron chi connectivity index (χ0n) is 12.7. The van der Waals surface area contributed by atoms with E-state index in [0.29, 0.717) is 35.3 Å². The van der Waals surface area contributed by atoms with Crippen molar-refractivity contribution in [2.45, 2.75) is 13.0 Å². The quantitative estimate of drug-likeness (QED) is 0.858. The van der Waals surface area contributed by atoms with E-state index in [1.165, 1.54) is 17.0 Å². The van der Waals surface area contributed by atoms with Crippen molar-refractivity contribution in [2.24, 2.45) is 11.7 Å². The number of fused-ring (bicyclic) bond motifs is 1. The molecule has 3 N–H and O–H groups in total. The van der Waals surface area contributed by atoms with Crippen LogP contribution >= 0.6 is 12.4 Å². The number of carboxylic acid groups (broad SMARTS) is 1. The fourth-order valence-electron chi connectivity index (χ4n) is 2.77. The third kappa shape index (κ3) is 3.27. The molecular formula is C16H17ClN2O5. The molecule has 0 unspecified atom stereocenters. The summed E-state index contributed by atoms with van der Waals surface area (Å²) in [5.74, 6) is -1.33. The molecule has 2 aromatic rings. The van der Waals surface area contributed by atoms with Gasteiger partial charge in [0, 0.05) is 24.7 Å². The SMILES string of the molecule is Cl.NCc1cc(=O)c2cc(C(=O)N3CC[C@@H](C(=O)O)C3)ccc2o1. The van der Waals surface area contributed by atoms with Crippen LogP contribution in [0.1, 0.15) is 22.5 Å². The average Bonchev–Trinajstić information content (AvgIpc) is 3.04. The Morgan fingerprint density at radius 1 is 1.33 bits per heavy atom. The number of carbonyl (C=O) groups is 2. The lowest BCUT2D eigenvalue weighted by Gasteiger charge is -2.16. The van der Waals surface area contributed by atoms with E-state index in [2.05, 4.69) is 0 Å². The molecule has 0 aliphatic carbocycles. The van der Waals surface area contributed by atoms with Crippen molar-refractivity contribution in [3.05, 3.63) is 45.8 Å². The number of benzene rings is 1. The highest BCUT2D eigenvalue weighted by atomic mass is 35.5. The summed E-state index contributed by atoms with van der Waals surface area (Å²) in [6.07, 6.45) is 0.441. The van der Waals surface area contributed by atoms with Gasteiger partial charge in [-0.1, -0.05) is 0 Å². The van der Waals surface area contributed by atoms with E-state index in [-0.39, 0.29) is 36.8 Å². The number of likely N-dealkylation sites (tertiary alicyclic amines) is 1. The fourth-order valence-corrected chi connectivity index (χ4v) is 2.77. The number of aliphatic carboxylic acids is 1. The predicted molar refractivity (Wildman–Crippen MR) is 89.3 cm³/mol. The number of amides is 1. The highest BCUT2D eigenvalue weighted by molar-refractivity contribution is 5.98. The van der Waals surface area contributed by atoms with E-state index in [9.17, 15) is 14.4 Å². The van der Waals surface area contributed by atoms with E-state index in [1.807, 2.05) is 0 Å². The first-order valence-electron chi connectivity index (χ1n) is 7.28. The van der Waals surface area contributed by atoms with Crippen LogP contribution in [-0.2, 0) is 11.3 Å². The lowest BCUT2D eigenvalue weighted by molar-refractivity contribution is -0.141. The molecule has 1 aromatic carbocycles. The normalized spacial score (nSPS) is 16.9. The summed E-state index contributed by atoms with van der Waals surface area (Å²) in [4.78, 5) is 37.0. The van der Waals surface area contributed by atoms with E-state index in [1.54, 1.807) is 12.1 Å². The first-order valence-corrected chi connectivity index (χ1v) is 7.28. The predicted octanol–water partition coefficient (Wildman–Crippen LogP) is 1.22. The highest BCUT2D eigenvalue weighted by Crippen LogP contribution is 2.21. The lowest BCUT2D eigenvalue weighted by atomic mass is 10.1. The van der Waals surface area contributed by atoms with Gasteiger partial charge >= 0.3 is 5.97 Å². The molecule has 7 nitrogen and oxygen atoms in total. The van der Waals surface area contributed by atoms with Gasteiger partial charge < -0.3 is 20.2 Å². The summed E-state index contributed by atoms with van der Waals surface area (Å²) < 4.78 is 5.47. The summed E-state index contributed by atoms with van der Waals surface area (Å²) in [7, 11) is 0. The molecule has 1 aliphatic heterocycles. The van der Waals surface area contributed by atoms with E-state index in [0.717, 1.165) is 0 Å². The van der Waals surface area contributed by atoms with Gasteiger partial charge in [-0.3, -0.25) is 14.4 Å². The van der Waals surface area contributed by atoms with Crippen molar-refractivity contribution in [2.75, 3.05) is 13.1 Å². The maximum absolute atomic E-state index is 12.5. The Kier molecular flexibility index (Phi) is 5.26. The van der Waals surface area contributed by atoms with Crippen molar-refractivity contribution in [3.8, 4) is 0 Å². The van der Waals surface area contributed by atoms with Gasteiger partial charge in [0.05, 0.1) is 17.8 Å². The summed E-state index contributed by atoms with van der Waals surface area (Å²) in [6, 6.07) is 5.93. The molecule has 0 bridgehead atoms. The molecule has 1 aromatic heterocycles. The first kappa shape index (κ1) is 18.0. The second-order valence-electron chi connectivity index (χ2n) is 5.57. The lowest BCUT2D eigenvalue weighted by Crippen LogP contribution is -2.30. The van der Waals surface area contributed by atoms with Gasteiger partial charge in [-0.2, -0.15) is 0 Å². The van der Waals surface area contributed by atoms with Gasteiger partial charge in [0.2, 0.25) is 0 Å². The molecule has 0 saturated carbocycles. The van der Waals surface area contributed by atoms with Gasteiger partial charge in [0.1, 0.15) is 11.3 Å². The van der Waals surface area contributed by atoms with Gasteiger partial charge in [0.15, 0.2) is 5.43 Å². The van der Waals surface area contributed by atoms with Gasteiger partial charge in [-0.05, 0) is 24.6 Å². The third-order valence-corrected chi connectivity index (χ3v) is 4.05. The van der Waals surface area contributed by atoms with Crippen LogP contribution in [0.2, 0.25) is 0 Å². The van der Waals surface area contributed by atoms with Crippen LogP contribution < -0.4 is 11.2 Å². The van der Waals surface area contributed by atoms with Crippen molar-refractivity contribution >= 4 is 35.3 Å². The molecule has 0 spiro atoms. The van der Waals surface area contributed by atoms with Gasteiger partial charge in [0.25, 0.3) is 5.91 Å². The van der Waals surface area contributed by atoms with Gasteiger partial charge in [-0.15, -0.1) is 12.4 Å². The number of nitrogens with two attached hydrogens (primary N) is 1. The van der Waals surface area contributed by atoms with Gasteiger partial charge in [-0.25, -0.2) is 0 Å². The first-order chi connectivity index (χ1) is 11.0. The molecule has 0 radical (unpaired) electrons. The van der Waals surface area contributed by atoms with Crippen LogP contribution in [0.4, 0.5) is 0 Å². The third-order valence-electron chi connectivity index (χ3n) is 4.05. The highest BCUT2D eigenvalue weighted by Gasteiger charge is 2.31. The molecule has 2 heterocycles. The molecule has 24 heavy (non-hydrogen) atoms. The minimum absolute atomic E-state index is 0. The van der Waals surface area contributed by atoms with Crippen LogP contribution in [0.15, 0.2) is 33.5 Å². The Morgan fingerprint density at radius 2 is 2.08 bits per heavy atom. The minimum atomic E-state index is -0.895. The Hall–Kier alpha value is -2.38. The Labute approximate surface area is 143 Å². The zero-order chi connectivity index (χ0) is 16.6. The number of hydrogen-bond donors (Lipinski definition) is 2. The maximum Gasteiger partial charge on any atom is 0.308 e. The van der Waals surface area contributed by atoms with Crippen molar-refractivity contribution in [3.63, 3.8) is 0 Å². The van der Waals surface area contributed by atoms with Crippen LogP contribution in [-0.4, -0.2) is 35.0 Å². The smallest absolute Gasteiger partial charge is 0.308 e.